The summed E-state index contributed by atoms with van der Waals surface area (Å²) in [5.41, 5.74) is 5.04. The fraction of sp³-hybridized carbons (Fsp3) is 0.353. The van der Waals surface area contributed by atoms with Crippen LogP contribution in [0, 0.1) is 6.92 Å². The van der Waals surface area contributed by atoms with Crippen LogP contribution in [-0.2, 0) is 14.3 Å². The summed E-state index contributed by atoms with van der Waals surface area (Å²) >= 11 is 6.16. The summed E-state index contributed by atoms with van der Waals surface area (Å²) in [5, 5.41) is 5.24. The van der Waals surface area contributed by atoms with Gasteiger partial charge in [-0.05, 0) is 32.0 Å². The maximum atomic E-state index is 11.9. The standard InChI is InChI=1S/C17H18ClN3O3/c1-11-3-4-14-12(7-11)8-13(16(18)20-14)10-19-21-15(22)9-17(2)23-5-6-24-17/h3-4,7-8,10H,5-6,9H2,1-2H3,(H,21,22)/b19-10-. The summed E-state index contributed by atoms with van der Waals surface area (Å²) in [6.07, 6.45) is 1.56. The topological polar surface area (TPSA) is 72.8 Å². The SMILES string of the molecule is Cc1ccc2nc(Cl)c(/C=N\NC(=O)CC3(C)OCCO3)cc2c1. The molecule has 1 aliphatic heterocycles. The summed E-state index contributed by atoms with van der Waals surface area (Å²) in [4.78, 5) is 16.2. The van der Waals surface area contributed by atoms with E-state index in [-0.39, 0.29) is 12.3 Å². The molecule has 0 aliphatic carbocycles. The van der Waals surface area contributed by atoms with E-state index in [1.54, 1.807) is 6.92 Å². The zero-order chi connectivity index (χ0) is 17.2. The Kier molecular flexibility index (Phi) is 4.80. The number of nitrogens with zero attached hydrogens (tertiary/aromatic N) is 2. The number of pyridine rings is 1. The van der Waals surface area contributed by atoms with E-state index in [1.807, 2.05) is 31.2 Å². The van der Waals surface area contributed by atoms with Crippen LogP contribution in [0.5, 0.6) is 0 Å². The molecule has 6 nitrogen and oxygen atoms in total. The van der Waals surface area contributed by atoms with E-state index in [9.17, 15) is 4.79 Å². The minimum absolute atomic E-state index is 0.0766. The van der Waals surface area contributed by atoms with Crippen LogP contribution in [0.25, 0.3) is 10.9 Å². The number of hydrogen-bond donors (Lipinski definition) is 1. The number of hydrazone groups is 1. The van der Waals surface area contributed by atoms with Gasteiger partial charge in [-0.2, -0.15) is 5.10 Å². The number of benzene rings is 1. The van der Waals surface area contributed by atoms with Gasteiger partial charge in [-0.25, -0.2) is 10.4 Å². The van der Waals surface area contributed by atoms with Gasteiger partial charge >= 0.3 is 0 Å². The molecule has 0 unspecified atom stereocenters. The van der Waals surface area contributed by atoms with Gasteiger partial charge in [0.15, 0.2) is 5.79 Å². The van der Waals surface area contributed by atoms with Crippen LogP contribution < -0.4 is 5.43 Å². The van der Waals surface area contributed by atoms with Crippen LogP contribution in [0.1, 0.15) is 24.5 Å². The van der Waals surface area contributed by atoms with Gasteiger partial charge in [-0.3, -0.25) is 4.79 Å². The Morgan fingerprint density at radius 1 is 1.42 bits per heavy atom. The van der Waals surface area contributed by atoms with Crippen molar-refractivity contribution in [2.24, 2.45) is 5.10 Å². The molecule has 1 fully saturated rings. The number of carbonyl (C=O) groups excluding carboxylic acids is 1. The Balaban J connectivity index is 1.68. The number of halogens is 1. The molecule has 1 amide bonds. The number of aromatic nitrogens is 1. The minimum atomic E-state index is -0.876. The van der Waals surface area contributed by atoms with E-state index in [4.69, 9.17) is 21.1 Å². The largest absolute Gasteiger partial charge is 0.347 e. The lowest BCUT2D eigenvalue weighted by Crippen LogP contribution is -2.33. The quantitative estimate of drug-likeness (QED) is 0.524. The van der Waals surface area contributed by atoms with Gasteiger partial charge in [0, 0.05) is 10.9 Å². The van der Waals surface area contributed by atoms with Crippen LogP contribution in [0.4, 0.5) is 0 Å². The van der Waals surface area contributed by atoms with Crippen molar-refractivity contribution in [2.75, 3.05) is 13.2 Å². The number of aryl methyl sites for hydroxylation is 1. The zero-order valence-electron chi connectivity index (χ0n) is 13.5. The molecule has 2 heterocycles. The Bertz CT molecular complexity index is 801. The van der Waals surface area contributed by atoms with Crippen LogP contribution >= 0.6 is 11.6 Å². The molecule has 1 aromatic heterocycles. The van der Waals surface area contributed by atoms with E-state index in [0.29, 0.717) is 23.9 Å². The van der Waals surface area contributed by atoms with Gasteiger partial charge in [0.2, 0.25) is 5.91 Å². The predicted octanol–water partition coefficient (Wildman–Crippen LogP) is 2.80. The molecule has 0 bridgehead atoms. The predicted molar refractivity (Wildman–Crippen MR) is 92.2 cm³/mol. The highest BCUT2D eigenvalue weighted by molar-refractivity contribution is 6.32. The molecular weight excluding hydrogens is 330 g/mol. The van der Waals surface area contributed by atoms with Gasteiger partial charge in [0.25, 0.3) is 0 Å². The van der Waals surface area contributed by atoms with Gasteiger partial charge in [0.05, 0.1) is 31.4 Å². The first-order valence-corrected chi connectivity index (χ1v) is 8.00. The molecule has 126 valence electrons. The number of carbonyl (C=O) groups is 1. The van der Waals surface area contributed by atoms with Crippen molar-refractivity contribution in [1.82, 2.24) is 10.4 Å². The van der Waals surface area contributed by atoms with Gasteiger partial charge in [0.1, 0.15) is 5.15 Å². The zero-order valence-corrected chi connectivity index (χ0v) is 14.3. The highest BCUT2D eigenvalue weighted by Crippen LogP contribution is 2.22. The van der Waals surface area contributed by atoms with Crippen molar-refractivity contribution in [3.63, 3.8) is 0 Å². The van der Waals surface area contributed by atoms with E-state index in [0.717, 1.165) is 16.5 Å². The van der Waals surface area contributed by atoms with Crippen molar-refractivity contribution in [2.45, 2.75) is 26.1 Å². The maximum absolute atomic E-state index is 11.9. The molecule has 1 saturated heterocycles. The Morgan fingerprint density at radius 3 is 2.92 bits per heavy atom. The van der Waals surface area contributed by atoms with E-state index in [1.165, 1.54) is 6.21 Å². The molecule has 0 saturated carbocycles. The first-order valence-electron chi connectivity index (χ1n) is 7.62. The average Bonchev–Trinajstić information content (AvgIpc) is 2.94. The summed E-state index contributed by atoms with van der Waals surface area (Å²) in [7, 11) is 0. The van der Waals surface area contributed by atoms with E-state index in [2.05, 4.69) is 15.5 Å². The van der Waals surface area contributed by atoms with Crippen molar-refractivity contribution >= 4 is 34.6 Å². The number of hydrogen-bond acceptors (Lipinski definition) is 5. The lowest BCUT2D eigenvalue weighted by atomic mass is 10.1. The summed E-state index contributed by atoms with van der Waals surface area (Å²) in [6.45, 7) is 4.72. The van der Waals surface area contributed by atoms with Crippen molar-refractivity contribution < 1.29 is 14.3 Å². The van der Waals surface area contributed by atoms with Crippen molar-refractivity contribution in [3.8, 4) is 0 Å². The maximum Gasteiger partial charge on any atom is 0.245 e. The average molecular weight is 348 g/mol. The fourth-order valence-electron chi connectivity index (χ4n) is 2.54. The summed E-state index contributed by atoms with van der Waals surface area (Å²) in [5.74, 6) is -1.17. The molecule has 0 atom stereocenters. The van der Waals surface area contributed by atoms with Crippen LogP contribution in [0.3, 0.4) is 0 Å². The second-order valence-corrected chi connectivity index (χ2v) is 6.22. The molecule has 2 aromatic rings. The summed E-state index contributed by atoms with van der Waals surface area (Å²) in [6, 6.07) is 7.80. The molecule has 0 spiro atoms. The second-order valence-electron chi connectivity index (χ2n) is 5.87. The first-order chi connectivity index (χ1) is 11.5. The molecule has 1 aromatic carbocycles. The summed E-state index contributed by atoms with van der Waals surface area (Å²) < 4.78 is 10.8. The number of ether oxygens (including phenoxy) is 2. The molecule has 24 heavy (non-hydrogen) atoms. The Labute approximate surface area is 144 Å². The third-order valence-electron chi connectivity index (χ3n) is 3.72. The number of amides is 1. The van der Waals surface area contributed by atoms with Crippen molar-refractivity contribution in [3.05, 3.63) is 40.5 Å². The van der Waals surface area contributed by atoms with Crippen molar-refractivity contribution in [1.29, 1.82) is 0 Å². The van der Waals surface area contributed by atoms with E-state index >= 15 is 0 Å². The molecule has 1 N–H and O–H groups in total. The highest BCUT2D eigenvalue weighted by Gasteiger charge is 2.33. The highest BCUT2D eigenvalue weighted by atomic mass is 35.5. The van der Waals surface area contributed by atoms with Crippen LogP contribution in [-0.4, -0.2) is 36.1 Å². The molecule has 0 radical (unpaired) electrons. The van der Waals surface area contributed by atoms with Crippen LogP contribution in [0.2, 0.25) is 5.15 Å². The van der Waals surface area contributed by atoms with Crippen LogP contribution in [0.15, 0.2) is 29.4 Å². The van der Waals surface area contributed by atoms with Gasteiger partial charge in [-0.15, -0.1) is 0 Å². The molecule has 7 heteroatoms. The minimum Gasteiger partial charge on any atom is -0.347 e. The number of fused-ring (bicyclic) bond motifs is 1. The van der Waals surface area contributed by atoms with E-state index < -0.39 is 5.79 Å². The lowest BCUT2D eigenvalue weighted by molar-refractivity contribution is -0.159. The van der Waals surface area contributed by atoms with Gasteiger partial charge < -0.3 is 9.47 Å². The number of rotatable bonds is 4. The normalized spacial score (nSPS) is 16.8. The third kappa shape index (κ3) is 3.90. The first kappa shape index (κ1) is 16.8. The Hall–Kier alpha value is -2.02. The Morgan fingerprint density at radius 2 is 2.17 bits per heavy atom. The lowest BCUT2D eigenvalue weighted by Gasteiger charge is -2.20. The second kappa shape index (κ2) is 6.84. The number of nitrogens with one attached hydrogen (secondary N) is 1. The van der Waals surface area contributed by atoms with Gasteiger partial charge in [-0.1, -0.05) is 23.2 Å². The fourth-order valence-corrected chi connectivity index (χ4v) is 2.74. The smallest absolute Gasteiger partial charge is 0.245 e. The molecule has 1 aliphatic rings. The molecular formula is C17H18ClN3O3. The third-order valence-corrected chi connectivity index (χ3v) is 4.03. The monoisotopic (exact) mass is 347 g/mol. The molecule has 3 rings (SSSR count).